The van der Waals surface area contributed by atoms with Gasteiger partial charge in [0.15, 0.2) is 5.16 Å². The topological polar surface area (TPSA) is 64.0 Å². The van der Waals surface area contributed by atoms with Gasteiger partial charge < -0.3 is 5.32 Å². The summed E-state index contributed by atoms with van der Waals surface area (Å²) in [6.07, 6.45) is 5.91. The van der Waals surface area contributed by atoms with Crippen LogP contribution in [0.25, 0.3) is 0 Å². The van der Waals surface area contributed by atoms with Gasteiger partial charge in [-0.1, -0.05) is 44.9 Å². The number of aromatic nitrogens is 2. The van der Waals surface area contributed by atoms with Crippen LogP contribution in [0, 0.1) is 5.92 Å². The van der Waals surface area contributed by atoms with Crippen molar-refractivity contribution in [1.82, 2.24) is 14.9 Å². The summed E-state index contributed by atoms with van der Waals surface area (Å²) in [7, 11) is 0. The molecule has 1 N–H and O–H groups in total. The molecule has 5 nitrogen and oxygen atoms in total. The van der Waals surface area contributed by atoms with Crippen molar-refractivity contribution in [2.75, 3.05) is 12.3 Å². The molecule has 116 valence electrons. The number of rotatable bonds is 7. The Labute approximate surface area is 129 Å². The minimum absolute atomic E-state index is 0.159. The van der Waals surface area contributed by atoms with Gasteiger partial charge in [0.25, 0.3) is 11.5 Å². The number of hydrogen-bond acceptors (Lipinski definition) is 4. The van der Waals surface area contributed by atoms with Crippen LogP contribution in [0.15, 0.2) is 16.1 Å². The van der Waals surface area contributed by atoms with Gasteiger partial charge in [-0.05, 0) is 12.3 Å². The molecule has 1 atom stereocenters. The number of hydrogen-bond donors (Lipinski definition) is 1. The van der Waals surface area contributed by atoms with Crippen LogP contribution in [0.5, 0.6) is 0 Å². The highest BCUT2D eigenvalue weighted by Gasteiger charge is 2.20. The summed E-state index contributed by atoms with van der Waals surface area (Å²) in [5, 5.41) is 3.61. The fourth-order valence-corrected chi connectivity index (χ4v) is 3.36. The summed E-state index contributed by atoms with van der Waals surface area (Å²) in [5.41, 5.74) is -0.0595. The van der Waals surface area contributed by atoms with E-state index in [1.807, 2.05) is 0 Å². The molecule has 0 saturated heterocycles. The highest BCUT2D eigenvalue weighted by Crippen LogP contribution is 2.20. The second-order valence-corrected chi connectivity index (χ2v) is 6.45. The van der Waals surface area contributed by atoms with Gasteiger partial charge in [-0.25, -0.2) is 4.98 Å². The molecule has 0 bridgehead atoms. The Morgan fingerprint density at radius 3 is 3.05 bits per heavy atom. The summed E-state index contributed by atoms with van der Waals surface area (Å²) >= 11 is 1.55. The molecule has 0 aromatic carbocycles. The summed E-state index contributed by atoms with van der Waals surface area (Å²) in [6.45, 7) is 5.57. The van der Waals surface area contributed by atoms with Crippen LogP contribution in [0.3, 0.4) is 0 Å². The number of fused-ring (bicyclic) bond motifs is 1. The average Bonchev–Trinajstić information content (AvgIpc) is 2.97. The fourth-order valence-electron chi connectivity index (χ4n) is 2.45. The molecule has 1 aromatic heterocycles. The van der Waals surface area contributed by atoms with E-state index in [1.54, 1.807) is 16.3 Å². The van der Waals surface area contributed by atoms with Crippen molar-refractivity contribution in [2.45, 2.75) is 51.2 Å². The SMILES string of the molecule is CCCCC(CC)CNC(=O)c1cnc2n(c1=O)CCS2. The summed E-state index contributed by atoms with van der Waals surface area (Å²) in [6, 6.07) is 0. The first-order chi connectivity index (χ1) is 10.2. The van der Waals surface area contributed by atoms with Crippen LogP contribution in [0.1, 0.15) is 49.9 Å². The zero-order valence-corrected chi connectivity index (χ0v) is 13.5. The number of nitrogens with one attached hydrogen (secondary N) is 1. The van der Waals surface area contributed by atoms with E-state index >= 15 is 0 Å². The van der Waals surface area contributed by atoms with Crippen LogP contribution in [0.2, 0.25) is 0 Å². The van der Waals surface area contributed by atoms with E-state index in [9.17, 15) is 9.59 Å². The van der Waals surface area contributed by atoms with Crippen LogP contribution >= 0.6 is 11.8 Å². The van der Waals surface area contributed by atoms with Gasteiger partial charge in [-0.2, -0.15) is 0 Å². The Bertz CT molecular complexity index is 556. The second kappa shape index (κ2) is 7.64. The van der Waals surface area contributed by atoms with E-state index < -0.39 is 0 Å². The minimum atomic E-state index is -0.297. The monoisotopic (exact) mass is 309 g/mol. The maximum atomic E-state index is 12.2. The fraction of sp³-hybridized carbons (Fsp3) is 0.667. The summed E-state index contributed by atoms with van der Waals surface area (Å²) < 4.78 is 1.59. The Kier molecular flexibility index (Phi) is 5.85. The van der Waals surface area contributed by atoms with Crippen molar-refractivity contribution in [3.63, 3.8) is 0 Å². The van der Waals surface area contributed by atoms with Crippen LogP contribution < -0.4 is 10.9 Å². The minimum Gasteiger partial charge on any atom is -0.352 e. The van der Waals surface area contributed by atoms with Gasteiger partial charge in [0.05, 0.1) is 0 Å². The quantitative estimate of drug-likeness (QED) is 0.785. The van der Waals surface area contributed by atoms with Gasteiger partial charge in [0.2, 0.25) is 0 Å². The molecule has 6 heteroatoms. The lowest BCUT2D eigenvalue weighted by molar-refractivity contribution is 0.0943. The van der Waals surface area contributed by atoms with Crippen LogP contribution in [-0.4, -0.2) is 27.8 Å². The molecule has 2 rings (SSSR count). The molecule has 1 aromatic rings. The maximum absolute atomic E-state index is 12.2. The van der Waals surface area contributed by atoms with E-state index in [1.165, 1.54) is 12.6 Å². The first-order valence-corrected chi connectivity index (χ1v) is 8.66. The predicted octanol–water partition coefficient (Wildman–Crippen LogP) is 2.30. The molecule has 0 saturated carbocycles. The van der Waals surface area contributed by atoms with Crippen molar-refractivity contribution >= 4 is 17.7 Å². The lowest BCUT2D eigenvalue weighted by Crippen LogP contribution is -2.35. The largest absolute Gasteiger partial charge is 0.352 e. The van der Waals surface area contributed by atoms with E-state index in [4.69, 9.17) is 0 Å². The van der Waals surface area contributed by atoms with Gasteiger partial charge >= 0.3 is 0 Å². The number of carbonyl (C=O) groups excluding carboxylic acids is 1. The molecule has 1 aliphatic heterocycles. The normalized spacial score (nSPS) is 14.8. The summed E-state index contributed by atoms with van der Waals surface area (Å²) in [4.78, 5) is 28.6. The first kappa shape index (κ1) is 16.1. The molecular weight excluding hydrogens is 286 g/mol. The number of carbonyl (C=O) groups is 1. The second-order valence-electron chi connectivity index (χ2n) is 5.39. The molecule has 0 spiro atoms. The third kappa shape index (κ3) is 3.87. The van der Waals surface area contributed by atoms with Crippen molar-refractivity contribution in [1.29, 1.82) is 0 Å². The average molecular weight is 309 g/mol. The molecule has 2 heterocycles. The van der Waals surface area contributed by atoms with Gasteiger partial charge in [-0.3, -0.25) is 14.2 Å². The highest BCUT2D eigenvalue weighted by atomic mass is 32.2. The van der Waals surface area contributed by atoms with Crippen molar-refractivity contribution in [3.05, 3.63) is 22.1 Å². The number of nitrogens with zero attached hydrogens (tertiary/aromatic N) is 2. The smallest absolute Gasteiger partial charge is 0.267 e. The van der Waals surface area contributed by atoms with Gasteiger partial charge in [-0.15, -0.1) is 0 Å². The van der Waals surface area contributed by atoms with Crippen LogP contribution in [-0.2, 0) is 6.54 Å². The van der Waals surface area contributed by atoms with E-state index in [0.29, 0.717) is 24.2 Å². The zero-order valence-electron chi connectivity index (χ0n) is 12.7. The third-order valence-electron chi connectivity index (χ3n) is 3.90. The van der Waals surface area contributed by atoms with E-state index in [0.717, 1.165) is 25.0 Å². The molecular formula is C15H23N3O2S. The molecule has 0 fully saturated rings. The maximum Gasteiger partial charge on any atom is 0.267 e. The number of unbranched alkanes of at least 4 members (excludes halogenated alkanes) is 1. The lowest BCUT2D eigenvalue weighted by atomic mass is 9.99. The van der Waals surface area contributed by atoms with Crippen molar-refractivity contribution in [2.24, 2.45) is 5.92 Å². The van der Waals surface area contributed by atoms with E-state index in [2.05, 4.69) is 24.1 Å². The Morgan fingerprint density at radius 2 is 2.33 bits per heavy atom. The van der Waals surface area contributed by atoms with Gasteiger partial charge in [0.1, 0.15) is 5.56 Å². The molecule has 0 aliphatic carbocycles. The Hall–Kier alpha value is -1.30. The van der Waals surface area contributed by atoms with E-state index in [-0.39, 0.29) is 17.0 Å². The Morgan fingerprint density at radius 1 is 1.52 bits per heavy atom. The Balaban J connectivity index is 1.99. The third-order valence-corrected chi connectivity index (χ3v) is 4.87. The summed E-state index contributed by atoms with van der Waals surface area (Å²) in [5.74, 6) is 1.03. The lowest BCUT2D eigenvalue weighted by Gasteiger charge is -2.15. The first-order valence-electron chi connectivity index (χ1n) is 7.68. The van der Waals surface area contributed by atoms with Crippen molar-refractivity contribution in [3.8, 4) is 0 Å². The molecule has 1 amide bonds. The highest BCUT2D eigenvalue weighted by molar-refractivity contribution is 7.99. The number of thioether (sulfide) groups is 1. The molecule has 1 unspecified atom stereocenters. The molecule has 1 aliphatic rings. The zero-order chi connectivity index (χ0) is 15.2. The van der Waals surface area contributed by atoms with Crippen LogP contribution in [0.4, 0.5) is 0 Å². The van der Waals surface area contributed by atoms with Gasteiger partial charge in [0, 0.05) is 25.0 Å². The number of amides is 1. The molecule has 21 heavy (non-hydrogen) atoms. The van der Waals surface area contributed by atoms with Crippen molar-refractivity contribution < 1.29 is 4.79 Å². The predicted molar refractivity (Wildman–Crippen MR) is 84.9 cm³/mol. The standard InChI is InChI=1S/C15H23N3O2S/c1-3-5-6-11(4-2)9-16-13(19)12-10-17-15-18(14(12)20)7-8-21-15/h10-11H,3-9H2,1-2H3,(H,16,19). The molecule has 0 radical (unpaired) electrons.